The maximum atomic E-state index is 12.7. The van der Waals surface area contributed by atoms with Crippen molar-refractivity contribution in [3.05, 3.63) is 34.2 Å². The third-order valence-electron chi connectivity index (χ3n) is 3.66. The second-order valence-electron chi connectivity index (χ2n) is 5.75. The van der Waals surface area contributed by atoms with Crippen LogP contribution >= 0.6 is 0 Å². The molecule has 1 aromatic carbocycles. The first-order chi connectivity index (χ1) is 11.8. The summed E-state index contributed by atoms with van der Waals surface area (Å²) in [7, 11) is 2.83. The second kappa shape index (κ2) is 7.38. The van der Waals surface area contributed by atoms with Gasteiger partial charge in [-0.3, -0.25) is 9.59 Å². The van der Waals surface area contributed by atoms with E-state index in [9.17, 15) is 14.4 Å². The topological polar surface area (TPSA) is 92.0 Å². The van der Waals surface area contributed by atoms with Crippen molar-refractivity contribution >= 4 is 22.7 Å². The molecule has 2 rings (SSSR count). The van der Waals surface area contributed by atoms with E-state index in [2.05, 4.69) is 0 Å². The van der Waals surface area contributed by atoms with Gasteiger partial charge in [-0.05, 0) is 12.1 Å². The second-order valence-corrected chi connectivity index (χ2v) is 5.75. The van der Waals surface area contributed by atoms with Crippen LogP contribution in [0.25, 0.3) is 11.0 Å². The number of ether oxygens (including phenoxy) is 3. The van der Waals surface area contributed by atoms with Crippen LogP contribution in [0.5, 0.6) is 11.5 Å². The van der Waals surface area contributed by atoms with Crippen molar-refractivity contribution < 1.29 is 28.2 Å². The lowest BCUT2D eigenvalue weighted by Gasteiger charge is -2.22. The molecule has 7 nitrogen and oxygen atoms in total. The van der Waals surface area contributed by atoms with Gasteiger partial charge in [0.15, 0.2) is 23.4 Å². The van der Waals surface area contributed by atoms with E-state index in [1.54, 1.807) is 19.9 Å². The molecule has 0 aliphatic carbocycles. The Bertz CT molecular complexity index is 864. The van der Waals surface area contributed by atoms with Crippen molar-refractivity contribution in [1.29, 1.82) is 0 Å². The van der Waals surface area contributed by atoms with E-state index < -0.39 is 23.6 Å². The number of fused-ring (bicyclic) bond motifs is 1. The first-order valence-corrected chi connectivity index (χ1v) is 7.69. The van der Waals surface area contributed by atoms with Crippen molar-refractivity contribution in [1.82, 2.24) is 0 Å². The van der Waals surface area contributed by atoms with Gasteiger partial charge in [-0.15, -0.1) is 0 Å². The molecule has 0 spiro atoms. The zero-order valence-corrected chi connectivity index (χ0v) is 14.7. The highest BCUT2D eigenvalue weighted by Gasteiger charge is 2.33. The summed E-state index contributed by atoms with van der Waals surface area (Å²) in [6.07, 6.45) is -1.28. The van der Waals surface area contributed by atoms with Crippen LogP contribution in [0.1, 0.15) is 32.4 Å². The first-order valence-electron chi connectivity index (χ1n) is 7.69. The molecule has 1 atom stereocenters. The standard InChI is InChI=1S/C18H20O7/c1-9(2)15(21)18(24-10(3)19)14-16-11(6-7-13(20)25-16)8-12(22-4)17(14)23-5/h6-9,18H,1-5H3. The lowest BCUT2D eigenvalue weighted by molar-refractivity contribution is -0.154. The predicted octanol–water partition coefficient (Wildman–Crippen LogP) is 2.64. The van der Waals surface area contributed by atoms with E-state index in [1.807, 2.05) is 0 Å². The van der Waals surface area contributed by atoms with Crippen LogP contribution in [0, 0.1) is 5.92 Å². The Morgan fingerprint density at radius 2 is 1.80 bits per heavy atom. The first kappa shape index (κ1) is 18.5. The highest BCUT2D eigenvalue weighted by atomic mass is 16.6. The number of benzene rings is 1. The van der Waals surface area contributed by atoms with E-state index in [4.69, 9.17) is 18.6 Å². The quantitative estimate of drug-likeness (QED) is 0.585. The summed E-state index contributed by atoms with van der Waals surface area (Å²) in [5.74, 6) is -0.923. The molecule has 0 amide bonds. The molecule has 0 bridgehead atoms. The summed E-state index contributed by atoms with van der Waals surface area (Å²) in [5, 5.41) is 0.515. The number of ketones is 1. The number of rotatable bonds is 6. The smallest absolute Gasteiger partial charge is 0.336 e. The monoisotopic (exact) mass is 348 g/mol. The molecule has 0 fully saturated rings. The molecule has 0 aliphatic rings. The maximum Gasteiger partial charge on any atom is 0.336 e. The summed E-state index contributed by atoms with van der Waals surface area (Å²) >= 11 is 0. The minimum Gasteiger partial charge on any atom is -0.493 e. The third-order valence-corrected chi connectivity index (χ3v) is 3.66. The number of hydrogen-bond acceptors (Lipinski definition) is 7. The van der Waals surface area contributed by atoms with Gasteiger partial charge < -0.3 is 18.6 Å². The normalized spacial score (nSPS) is 12.1. The van der Waals surface area contributed by atoms with Crippen LogP contribution in [0.2, 0.25) is 0 Å². The molecule has 2 aromatic rings. The van der Waals surface area contributed by atoms with Crippen molar-refractivity contribution in [3.63, 3.8) is 0 Å². The Balaban J connectivity index is 2.90. The molecule has 0 aliphatic heterocycles. The number of carbonyl (C=O) groups excluding carboxylic acids is 2. The minimum absolute atomic E-state index is 0.116. The molecule has 0 radical (unpaired) electrons. The maximum absolute atomic E-state index is 12.7. The lowest BCUT2D eigenvalue weighted by atomic mass is 9.95. The molecule has 25 heavy (non-hydrogen) atoms. The Morgan fingerprint density at radius 1 is 1.12 bits per heavy atom. The van der Waals surface area contributed by atoms with Gasteiger partial charge in [0.25, 0.3) is 0 Å². The number of carbonyl (C=O) groups is 2. The number of esters is 1. The Labute approximate surface area is 144 Å². The van der Waals surface area contributed by atoms with Crippen molar-refractivity contribution in [3.8, 4) is 11.5 Å². The van der Waals surface area contributed by atoms with Crippen molar-refractivity contribution in [2.45, 2.75) is 26.9 Å². The molecule has 0 N–H and O–H groups in total. The summed E-state index contributed by atoms with van der Waals surface area (Å²) in [6, 6.07) is 4.41. The molecule has 0 saturated heterocycles. The SMILES string of the molecule is COc1cc2ccc(=O)oc2c(C(OC(C)=O)C(=O)C(C)C)c1OC. The van der Waals surface area contributed by atoms with Gasteiger partial charge in [0.1, 0.15) is 5.58 Å². The fourth-order valence-corrected chi connectivity index (χ4v) is 2.52. The average molecular weight is 348 g/mol. The van der Waals surface area contributed by atoms with Crippen LogP contribution < -0.4 is 15.1 Å². The summed E-state index contributed by atoms with van der Waals surface area (Å²) < 4.78 is 21.2. The van der Waals surface area contributed by atoms with Gasteiger partial charge in [-0.1, -0.05) is 13.8 Å². The van der Waals surface area contributed by atoms with E-state index in [0.717, 1.165) is 0 Å². The van der Waals surface area contributed by atoms with Crippen LogP contribution in [0.4, 0.5) is 0 Å². The lowest BCUT2D eigenvalue weighted by Crippen LogP contribution is -2.24. The van der Waals surface area contributed by atoms with Crippen LogP contribution in [0.3, 0.4) is 0 Å². The molecule has 7 heteroatoms. The van der Waals surface area contributed by atoms with E-state index in [-0.39, 0.29) is 22.7 Å². The van der Waals surface area contributed by atoms with Crippen LogP contribution in [0.15, 0.2) is 27.4 Å². The molecular formula is C18H20O7. The van der Waals surface area contributed by atoms with E-state index >= 15 is 0 Å². The fourth-order valence-electron chi connectivity index (χ4n) is 2.52. The Morgan fingerprint density at radius 3 is 2.32 bits per heavy atom. The van der Waals surface area contributed by atoms with E-state index in [1.165, 1.54) is 33.3 Å². The average Bonchev–Trinajstić information content (AvgIpc) is 2.57. The molecule has 134 valence electrons. The van der Waals surface area contributed by atoms with Gasteiger partial charge in [0, 0.05) is 24.3 Å². The van der Waals surface area contributed by atoms with Crippen LogP contribution in [-0.4, -0.2) is 26.0 Å². The van der Waals surface area contributed by atoms with Gasteiger partial charge in [0.2, 0.25) is 0 Å². The number of methoxy groups -OCH3 is 2. The zero-order chi connectivity index (χ0) is 18.7. The highest BCUT2D eigenvalue weighted by molar-refractivity contribution is 5.95. The predicted molar refractivity (Wildman–Crippen MR) is 89.9 cm³/mol. The largest absolute Gasteiger partial charge is 0.493 e. The molecule has 1 unspecified atom stereocenters. The highest BCUT2D eigenvalue weighted by Crippen LogP contribution is 2.42. The zero-order valence-electron chi connectivity index (χ0n) is 14.7. The summed E-state index contributed by atoms with van der Waals surface area (Å²) in [6.45, 7) is 4.57. The van der Waals surface area contributed by atoms with Gasteiger partial charge in [0.05, 0.1) is 19.8 Å². The van der Waals surface area contributed by atoms with Crippen molar-refractivity contribution in [2.24, 2.45) is 5.92 Å². The van der Waals surface area contributed by atoms with Crippen LogP contribution in [-0.2, 0) is 14.3 Å². The van der Waals surface area contributed by atoms with Gasteiger partial charge in [-0.25, -0.2) is 4.79 Å². The Hall–Kier alpha value is -2.83. The summed E-state index contributed by atoms with van der Waals surface area (Å²) in [4.78, 5) is 36.0. The number of Topliss-reactive ketones (excluding diaryl/α,β-unsaturated/α-hetero) is 1. The molecule has 0 saturated carbocycles. The van der Waals surface area contributed by atoms with Gasteiger partial charge >= 0.3 is 11.6 Å². The van der Waals surface area contributed by atoms with Crippen molar-refractivity contribution in [2.75, 3.05) is 14.2 Å². The molecule has 1 aromatic heterocycles. The Kier molecular flexibility index (Phi) is 5.46. The molecular weight excluding hydrogens is 328 g/mol. The third kappa shape index (κ3) is 3.65. The van der Waals surface area contributed by atoms with Gasteiger partial charge in [-0.2, -0.15) is 0 Å². The number of hydrogen-bond donors (Lipinski definition) is 0. The fraction of sp³-hybridized carbons (Fsp3) is 0.389. The minimum atomic E-state index is -1.28. The van der Waals surface area contributed by atoms with E-state index in [0.29, 0.717) is 11.1 Å². The summed E-state index contributed by atoms with van der Waals surface area (Å²) in [5.41, 5.74) is -0.326. The molecule has 1 heterocycles.